The summed E-state index contributed by atoms with van der Waals surface area (Å²) < 4.78 is 0. The van der Waals surface area contributed by atoms with E-state index in [1.54, 1.807) is 11.9 Å². The zero-order valence-electron chi connectivity index (χ0n) is 10.3. The molecule has 0 unspecified atom stereocenters. The molecule has 0 saturated heterocycles. The van der Waals surface area contributed by atoms with Crippen molar-refractivity contribution in [2.45, 2.75) is 19.3 Å². The van der Waals surface area contributed by atoms with Crippen molar-refractivity contribution in [1.29, 1.82) is 0 Å². The van der Waals surface area contributed by atoms with Gasteiger partial charge in [0.15, 0.2) is 0 Å². The Morgan fingerprint density at radius 1 is 1.50 bits per heavy atom. The summed E-state index contributed by atoms with van der Waals surface area (Å²) in [7, 11) is 1.70. The first-order valence-electron chi connectivity index (χ1n) is 6.03. The standard InChI is InChI=1S/C13H16N2O3/c1-15(8-9-4-2-5-9)12(16)11-10(13(17)18)6-3-7-14-11/h3,6-7,9H,2,4-5,8H2,1H3,(H,17,18). The molecule has 2 rings (SSSR count). The van der Waals surface area contributed by atoms with Gasteiger partial charge < -0.3 is 10.0 Å². The Labute approximate surface area is 105 Å². The highest BCUT2D eigenvalue weighted by Gasteiger charge is 2.25. The number of carbonyl (C=O) groups is 2. The monoisotopic (exact) mass is 248 g/mol. The molecular weight excluding hydrogens is 232 g/mol. The molecule has 1 aliphatic carbocycles. The van der Waals surface area contributed by atoms with Crippen molar-refractivity contribution in [3.05, 3.63) is 29.6 Å². The van der Waals surface area contributed by atoms with E-state index in [0.29, 0.717) is 12.5 Å². The summed E-state index contributed by atoms with van der Waals surface area (Å²) in [5.74, 6) is -0.890. The fourth-order valence-corrected chi connectivity index (χ4v) is 2.07. The Bertz CT molecular complexity index is 469. The van der Waals surface area contributed by atoms with Crippen LogP contribution >= 0.6 is 0 Å². The van der Waals surface area contributed by atoms with Crippen LogP contribution in [0.1, 0.15) is 40.1 Å². The fraction of sp³-hybridized carbons (Fsp3) is 0.462. The van der Waals surface area contributed by atoms with E-state index >= 15 is 0 Å². The van der Waals surface area contributed by atoms with Crippen LogP contribution in [-0.2, 0) is 0 Å². The number of carboxylic acids is 1. The Kier molecular flexibility index (Phi) is 3.60. The molecule has 18 heavy (non-hydrogen) atoms. The highest BCUT2D eigenvalue weighted by molar-refractivity contribution is 6.03. The number of pyridine rings is 1. The van der Waals surface area contributed by atoms with Gasteiger partial charge in [-0.15, -0.1) is 0 Å². The van der Waals surface area contributed by atoms with Crippen LogP contribution < -0.4 is 0 Å². The lowest BCUT2D eigenvalue weighted by Gasteiger charge is -2.30. The number of carbonyl (C=O) groups excluding carboxylic acids is 1. The topological polar surface area (TPSA) is 70.5 Å². The van der Waals surface area contributed by atoms with Crippen LogP contribution in [0.25, 0.3) is 0 Å². The van der Waals surface area contributed by atoms with Crippen molar-refractivity contribution in [3.8, 4) is 0 Å². The van der Waals surface area contributed by atoms with E-state index in [1.165, 1.54) is 24.8 Å². The van der Waals surface area contributed by atoms with E-state index in [4.69, 9.17) is 5.11 Å². The van der Waals surface area contributed by atoms with E-state index in [2.05, 4.69) is 4.98 Å². The van der Waals surface area contributed by atoms with E-state index in [1.807, 2.05) is 0 Å². The largest absolute Gasteiger partial charge is 0.478 e. The molecule has 0 bridgehead atoms. The van der Waals surface area contributed by atoms with Crippen molar-refractivity contribution in [2.24, 2.45) is 5.92 Å². The second-order valence-corrected chi connectivity index (χ2v) is 4.69. The zero-order chi connectivity index (χ0) is 13.1. The number of rotatable bonds is 4. The van der Waals surface area contributed by atoms with Gasteiger partial charge in [0.05, 0.1) is 5.56 Å². The highest BCUT2D eigenvalue weighted by atomic mass is 16.4. The fourth-order valence-electron chi connectivity index (χ4n) is 2.07. The third-order valence-electron chi connectivity index (χ3n) is 3.34. The summed E-state index contributed by atoms with van der Waals surface area (Å²) in [6, 6.07) is 2.92. The SMILES string of the molecule is CN(CC1CCC1)C(=O)c1ncccc1C(=O)O. The van der Waals surface area contributed by atoms with E-state index < -0.39 is 5.97 Å². The second kappa shape index (κ2) is 5.16. The van der Waals surface area contributed by atoms with Crippen LogP contribution in [-0.4, -0.2) is 40.5 Å². The summed E-state index contributed by atoms with van der Waals surface area (Å²) in [6.07, 6.45) is 4.95. The molecule has 1 amide bonds. The Balaban J connectivity index is 2.14. The molecular formula is C13H16N2O3. The Hall–Kier alpha value is -1.91. The first-order valence-corrected chi connectivity index (χ1v) is 6.03. The minimum absolute atomic E-state index is 0.0202. The normalized spacial score (nSPS) is 14.9. The molecule has 1 fully saturated rings. The molecule has 5 heteroatoms. The van der Waals surface area contributed by atoms with Crippen LogP contribution in [0.5, 0.6) is 0 Å². The van der Waals surface area contributed by atoms with Gasteiger partial charge in [0.1, 0.15) is 5.69 Å². The van der Waals surface area contributed by atoms with Gasteiger partial charge in [-0.1, -0.05) is 6.42 Å². The van der Waals surface area contributed by atoms with Gasteiger partial charge in [-0.25, -0.2) is 4.79 Å². The highest BCUT2D eigenvalue weighted by Crippen LogP contribution is 2.27. The molecule has 0 aromatic carbocycles. The number of nitrogens with zero attached hydrogens (tertiary/aromatic N) is 2. The smallest absolute Gasteiger partial charge is 0.338 e. The van der Waals surface area contributed by atoms with Crippen LogP contribution in [0.3, 0.4) is 0 Å². The van der Waals surface area contributed by atoms with E-state index in [9.17, 15) is 9.59 Å². The average molecular weight is 248 g/mol. The molecule has 1 heterocycles. The van der Waals surface area contributed by atoms with Gasteiger partial charge in [0, 0.05) is 19.8 Å². The zero-order valence-corrected chi connectivity index (χ0v) is 10.3. The number of carboxylic acid groups (broad SMARTS) is 1. The van der Waals surface area contributed by atoms with Crippen LogP contribution in [0.15, 0.2) is 18.3 Å². The van der Waals surface area contributed by atoms with Crippen molar-refractivity contribution in [3.63, 3.8) is 0 Å². The van der Waals surface area contributed by atoms with Crippen molar-refractivity contribution in [1.82, 2.24) is 9.88 Å². The van der Waals surface area contributed by atoms with Crippen LogP contribution in [0.2, 0.25) is 0 Å². The maximum Gasteiger partial charge on any atom is 0.338 e. The predicted octanol–water partition coefficient (Wildman–Crippen LogP) is 1.65. The summed E-state index contributed by atoms with van der Waals surface area (Å²) >= 11 is 0. The Morgan fingerprint density at radius 3 is 2.78 bits per heavy atom. The third kappa shape index (κ3) is 2.50. The van der Waals surface area contributed by atoms with Crippen molar-refractivity contribution < 1.29 is 14.7 Å². The number of hydrogen-bond acceptors (Lipinski definition) is 3. The maximum atomic E-state index is 12.1. The molecule has 0 atom stereocenters. The molecule has 96 valence electrons. The summed E-state index contributed by atoms with van der Waals surface area (Å²) in [4.78, 5) is 28.6. The van der Waals surface area contributed by atoms with Crippen LogP contribution in [0, 0.1) is 5.92 Å². The lowest BCUT2D eigenvalue weighted by atomic mass is 9.85. The summed E-state index contributed by atoms with van der Waals surface area (Å²) in [6.45, 7) is 0.675. The molecule has 1 N–H and O–H groups in total. The molecule has 1 saturated carbocycles. The van der Waals surface area contributed by atoms with Gasteiger partial charge in [0.25, 0.3) is 5.91 Å². The molecule has 1 aliphatic rings. The number of aromatic carboxylic acids is 1. The second-order valence-electron chi connectivity index (χ2n) is 4.69. The van der Waals surface area contributed by atoms with Crippen molar-refractivity contribution >= 4 is 11.9 Å². The summed E-state index contributed by atoms with van der Waals surface area (Å²) in [5, 5.41) is 9.02. The quantitative estimate of drug-likeness (QED) is 0.879. The lowest BCUT2D eigenvalue weighted by molar-refractivity contribution is 0.0670. The molecule has 1 aromatic heterocycles. The van der Waals surface area contributed by atoms with Gasteiger partial charge in [-0.3, -0.25) is 9.78 Å². The van der Waals surface area contributed by atoms with Gasteiger partial charge in [0.2, 0.25) is 0 Å². The van der Waals surface area contributed by atoms with Gasteiger partial charge >= 0.3 is 5.97 Å². The molecule has 5 nitrogen and oxygen atoms in total. The van der Waals surface area contributed by atoms with Crippen molar-refractivity contribution in [2.75, 3.05) is 13.6 Å². The average Bonchev–Trinajstić information content (AvgIpc) is 2.32. The maximum absolute atomic E-state index is 12.1. The first-order chi connectivity index (χ1) is 8.59. The molecule has 1 aromatic rings. The number of aromatic nitrogens is 1. The number of hydrogen-bond donors (Lipinski definition) is 1. The number of amides is 1. The minimum atomic E-state index is -1.12. The third-order valence-corrected chi connectivity index (χ3v) is 3.34. The minimum Gasteiger partial charge on any atom is -0.478 e. The Morgan fingerprint density at radius 2 is 2.22 bits per heavy atom. The van der Waals surface area contributed by atoms with E-state index in [-0.39, 0.29) is 17.2 Å². The molecule has 0 radical (unpaired) electrons. The van der Waals surface area contributed by atoms with Crippen LogP contribution in [0.4, 0.5) is 0 Å². The predicted molar refractivity (Wildman–Crippen MR) is 65.5 cm³/mol. The van der Waals surface area contributed by atoms with E-state index in [0.717, 1.165) is 12.8 Å². The molecule has 0 aliphatic heterocycles. The molecule has 0 spiro atoms. The van der Waals surface area contributed by atoms with Gasteiger partial charge in [-0.05, 0) is 30.9 Å². The van der Waals surface area contributed by atoms with Gasteiger partial charge in [-0.2, -0.15) is 0 Å². The first kappa shape index (κ1) is 12.5. The lowest BCUT2D eigenvalue weighted by Crippen LogP contribution is -2.35. The summed E-state index contributed by atoms with van der Waals surface area (Å²) in [5.41, 5.74) is -0.0187.